The van der Waals surface area contributed by atoms with Crippen molar-refractivity contribution in [3.8, 4) is 6.07 Å². The van der Waals surface area contributed by atoms with Gasteiger partial charge in [-0.3, -0.25) is 4.79 Å². The highest BCUT2D eigenvalue weighted by Gasteiger charge is 2.33. The van der Waals surface area contributed by atoms with Gasteiger partial charge in [-0.05, 0) is 48.4 Å². The molecular formula is C23H18ClN3O3S. The Hall–Kier alpha value is -3.18. The maximum Gasteiger partial charge on any atom is 0.258 e. The molecule has 0 saturated heterocycles. The Kier molecular flexibility index (Phi) is 5.79. The Labute approximate surface area is 185 Å². The number of fused-ring (bicyclic) bond motifs is 1. The minimum atomic E-state index is -3.79. The van der Waals surface area contributed by atoms with Crippen LogP contribution in [0.5, 0.6) is 0 Å². The van der Waals surface area contributed by atoms with Gasteiger partial charge in [0.25, 0.3) is 5.91 Å². The van der Waals surface area contributed by atoms with E-state index in [0.29, 0.717) is 28.8 Å². The van der Waals surface area contributed by atoms with Gasteiger partial charge in [0.15, 0.2) is 0 Å². The first kappa shape index (κ1) is 21.1. The van der Waals surface area contributed by atoms with Gasteiger partial charge < -0.3 is 4.90 Å². The SMILES string of the molecule is N#Cc1cc(Cl)c2c(c1)CC(NS(=O)(=O)c1ccccc1)CN2C(=O)c1ccccc1. The normalized spacial score (nSPS) is 15.7. The van der Waals surface area contributed by atoms with Crippen LogP contribution in [0.2, 0.25) is 5.02 Å². The Bertz CT molecular complexity index is 1270. The number of amides is 1. The second kappa shape index (κ2) is 8.52. The van der Waals surface area contributed by atoms with Crippen molar-refractivity contribution in [1.29, 1.82) is 5.26 Å². The van der Waals surface area contributed by atoms with Crippen molar-refractivity contribution in [1.82, 2.24) is 4.72 Å². The van der Waals surface area contributed by atoms with Crippen LogP contribution in [0, 0.1) is 11.3 Å². The summed E-state index contributed by atoms with van der Waals surface area (Å²) in [6.07, 6.45) is 0.301. The summed E-state index contributed by atoms with van der Waals surface area (Å²) in [4.78, 5) is 14.9. The van der Waals surface area contributed by atoms with Gasteiger partial charge in [-0.2, -0.15) is 5.26 Å². The molecule has 0 aliphatic carbocycles. The molecule has 31 heavy (non-hydrogen) atoms. The van der Waals surface area contributed by atoms with Crippen molar-refractivity contribution in [2.75, 3.05) is 11.4 Å². The van der Waals surface area contributed by atoms with E-state index in [1.165, 1.54) is 23.1 Å². The van der Waals surface area contributed by atoms with E-state index in [1.807, 2.05) is 6.07 Å². The first-order chi connectivity index (χ1) is 14.9. The summed E-state index contributed by atoms with van der Waals surface area (Å²) >= 11 is 6.45. The molecule has 156 valence electrons. The molecule has 0 aromatic heterocycles. The summed E-state index contributed by atoms with van der Waals surface area (Å²) in [5.41, 5.74) is 1.95. The van der Waals surface area contributed by atoms with Crippen LogP contribution in [0.4, 0.5) is 5.69 Å². The predicted octanol–water partition coefficient (Wildman–Crippen LogP) is 3.76. The molecule has 8 heteroatoms. The fourth-order valence-corrected chi connectivity index (χ4v) is 5.30. The van der Waals surface area contributed by atoms with Crippen molar-refractivity contribution < 1.29 is 13.2 Å². The van der Waals surface area contributed by atoms with Crippen LogP contribution < -0.4 is 9.62 Å². The van der Waals surface area contributed by atoms with Gasteiger partial charge in [-0.15, -0.1) is 0 Å². The largest absolute Gasteiger partial charge is 0.305 e. The zero-order valence-corrected chi connectivity index (χ0v) is 17.9. The number of benzene rings is 3. The summed E-state index contributed by atoms with van der Waals surface area (Å²) in [5, 5.41) is 9.60. The quantitative estimate of drug-likeness (QED) is 0.653. The van der Waals surface area contributed by atoms with Crippen molar-refractivity contribution in [3.63, 3.8) is 0 Å². The summed E-state index contributed by atoms with van der Waals surface area (Å²) < 4.78 is 28.4. The monoisotopic (exact) mass is 451 g/mol. The number of hydrogen-bond acceptors (Lipinski definition) is 4. The molecule has 1 amide bonds. The van der Waals surface area contributed by atoms with Gasteiger partial charge in [0, 0.05) is 18.2 Å². The number of sulfonamides is 1. The number of anilines is 1. The number of carbonyl (C=O) groups excluding carboxylic acids is 1. The topological polar surface area (TPSA) is 90.3 Å². The van der Waals surface area contributed by atoms with E-state index in [4.69, 9.17) is 11.6 Å². The van der Waals surface area contributed by atoms with Crippen molar-refractivity contribution in [2.24, 2.45) is 0 Å². The predicted molar refractivity (Wildman–Crippen MR) is 119 cm³/mol. The molecule has 0 spiro atoms. The van der Waals surface area contributed by atoms with E-state index in [2.05, 4.69) is 10.8 Å². The van der Waals surface area contributed by atoms with Crippen molar-refractivity contribution >= 4 is 33.2 Å². The lowest BCUT2D eigenvalue weighted by Gasteiger charge is -2.35. The van der Waals surface area contributed by atoms with Crippen LogP contribution in [0.3, 0.4) is 0 Å². The molecule has 1 aliphatic heterocycles. The van der Waals surface area contributed by atoms with Crippen molar-refractivity contribution in [2.45, 2.75) is 17.4 Å². The van der Waals surface area contributed by atoms with Gasteiger partial charge >= 0.3 is 0 Å². The van der Waals surface area contributed by atoms with Crippen LogP contribution in [-0.4, -0.2) is 26.9 Å². The number of nitrogens with zero attached hydrogens (tertiary/aromatic N) is 2. The molecule has 1 heterocycles. The Morgan fingerprint density at radius 2 is 1.71 bits per heavy atom. The highest BCUT2D eigenvalue weighted by molar-refractivity contribution is 7.89. The number of carbonyl (C=O) groups is 1. The molecule has 3 aromatic rings. The first-order valence-electron chi connectivity index (χ1n) is 9.56. The average molecular weight is 452 g/mol. The number of halogens is 1. The molecule has 1 N–H and O–H groups in total. The maximum atomic E-state index is 13.3. The second-order valence-electron chi connectivity index (χ2n) is 7.19. The van der Waals surface area contributed by atoms with E-state index in [0.717, 1.165) is 0 Å². The smallest absolute Gasteiger partial charge is 0.258 e. The molecule has 1 unspecified atom stereocenters. The van der Waals surface area contributed by atoms with Crippen molar-refractivity contribution in [3.05, 3.63) is 94.5 Å². The molecule has 0 radical (unpaired) electrons. The summed E-state index contributed by atoms with van der Waals surface area (Å²) in [6, 6.07) is 21.4. The fraction of sp³-hybridized carbons (Fsp3) is 0.130. The Morgan fingerprint density at radius 1 is 1.06 bits per heavy atom. The third-order valence-corrected chi connectivity index (χ3v) is 6.88. The number of hydrogen-bond donors (Lipinski definition) is 1. The summed E-state index contributed by atoms with van der Waals surface area (Å²) in [5.74, 6) is -0.294. The van der Waals surface area contributed by atoms with Crippen LogP contribution >= 0.6 is 11.6 Å². The van der Waals surface area contributed by atoms with E-state index < -0.39 is 16.1 Å². The highest BCUT2D eigenvalue weighted by Crippen LogP contribution is 2.36. The van der Waals surface area contributed by atoms with Gasteiger partial charge in [0.05, 0.1) is 27.2 Å². The third kappa shape index (κ3) is 4.32. The standard InChI is InChI=1S/C23H18ClN3O3S/c24-21-12-16(14-25)11-18-13-19(26-31(29,30)20-9-5-2-6-10-20)15-27(22(18)21)23(28)17-7-3-1-4-8-17/h1-12,19,26H,13,15H2. The summed E-state index contributed by atoms with van der Waals surface area (Å²) in [7, 11) is -3.79. The Balaban J connectivity index is 1.74. The maximum absolute atomic E-state index is 13.3. The number of nitrogens with one attached hydrogen (secondary N) is 1. The minimum absolute atomic E-state index is 0.110. The number of rotatable bonds is 4. The molecule has 0 saturated carbocycles. The van der Waals surface area contributed by atoms with Gasteiger partial charge in [-0.1, -0.05) is 48.0 Å². The first-order valence-corrected chi connectivity index (χ1v) is 11.4. The van der Waals surface area contributed by atoms with Gasteiger partial charge in [0.1, 0.15) is 0 Å². The highest BCUT2D eigenvalue weighted by atomic mass is 35.5. The summed E-state index contributed by atoms with van der Waals surface area (Å²) in [6.45, 7) is 0.110. The van der Waals surface area contributed by atoms with E-state index in [-0.39, 0.29) is 22.4 Å². The molecule has 6 nitrogen and oxygen atoms in total. The molecule has 4 rings (SSSR count). The fourth-order valence-electron chi connectivity index (χ4n) is 3.71. The molecule has 1 atom stereocenters. The average Bonchev–Trinajstić information content (AvgIpc) is 2.78. The molecule has 0 bridgehead atoms. The number of nitriles is 1. The Morgan fingerprint density at radius 3 is 2.35 bits per heavy atom. The van der Waals surface area contributed by atoms with E-state index in [9.17, 15) is 18.5 Å². The van der Waals surface area contributed by atoms with Gasteiger partial charge in [-0.25, -0.2) is 13.1 Å². The lowest BCUT2D eigenvalue weighted by molar-refractivity contribution is 0.0982. The molecule has 0 fully saturated rings. The van der Waals surface area contributed by atoms with Crippen LogP contribution in [0.25, 0.3) is 0 Å². The van der Waals surface area contributed by atoms with Crippen LogP contribution in [-0.2, 0) is 16.4 Å². The minimum Gasteiger partial charge on any atom is -0.305 e. The lowest BCUT2D eigenvalue weighted by atomic mass is 9.95. The van der Waals surface area contributed by atoms with E-state index in [1.54, 1.807) is 48.5 Å². The molecule has 1 aliphatic rings. The zero-order chi connectivity index (χ0) is 22.0. The van der Waals surface area contributed by atoms with E-state index >= 15 is 0 Å². The second-order valence-corrected chi connectivity index (χ2v) is 9.32. The zero-order valence-electron chi connectivity index (χ0n) is 16.3. The lowest BCUT2D eigenvalue weighted by Crippen LogP contribution is -2.50. The third-order valence-electron chi connectivity index (χ3n) is 5.05. The van der Waals surface area contributed by atoms with Crippen LogP contribution in [0.1, 0.15) is 21.5 Å². The van der Waals surface area contributed by atoms with Gasteiger partial charge in [0.2, 0.25) is 10.0 Å². The molecular weight excluding hydrogens is 434 g/mol. The van der Waals surface area contributed by atoms with Crippen LogP contribution in [0.15, 0.2) is 77.7 Å². The molecule has 3 aromatic carbocycles.